The Kier molecular flexibility index (Phi) is 6.76. The lowest BCUT2D eigenvalue weighted by molar-refractivity contribution is -0.275. The summed E-state index contributed by atoms with van der Waals surface area (Å²) in [5.41, 5.74) is -1.84. The van der Waals surface area contributed by atoms with Gasteiger partial charge in [-0.05, 0) is 68.4 Å². The van der Waals surface area contributed by atoms with Crippen molar-refractivity contribution in [1.82, 2.24) is 0 Å². The summed E-state index contributed by atoms with van der Waals surface area (Å²) in [6.07, 6.45) is 4.18. The van der Waals surface area contributed by atoms with Crippen LogP contribution in [0.15, 0.2) is 12.1 Å². The van der Waals surface area contributed by atoms with Crippen LogP contribution >= 0.6 is 0 Å². The Morgan fingerprint density at radius 1 is 0.966 bits per heavy atom. The zero-order valence-corrected chi connectivity index (χ0v) is 16.7. The molecule has 0 aromatic heterocycles. The van der Waals surface area contributed by atoms with E-state index in [9.17, 15) is 27.1 Å². The fourth-order valence-electron chi connectivity index (χ4n) is 5.31. The van der Waals surface area contributed by atoms with E-state index < -0.39 is 29.3 Å². The van der Waals surface area contributed by atoms with E-state index in [0.717, 1.165) is 18.1 Å². The molecule has 2 nitrogen and oxygen atoms in total. The van der Waals surface area contributed by atoms with E-state index in [2.05, 4.69) is 11.7 Å². The van der Waals surface area contributed by atoms with Gasteiger partial charge in [-0.3, -0.25) is 0 Å². The summed E-state index contributed by atoms with van der Waals surface area (Å²) in [6, 6.07) is 1.75. The summed E-state index contributed by atoms with van der Waals surface area (Å²) < 4.78 is 69.0. The summed E-state index contributed by atoms with van der Waals surface area (Å²) in [5, 5.41) is 10.9. The molecule has 7 heteroatoms. The van der Waals surface area contributed by atoms with Gasteiger partial charge in [-0.1, -0.05) is 32.6 Å². The number of hydrogen-bond acceptors (Lipinski definition) is 2. The quantitative estimate of drug-likeness (QED) is 0.528. The maximum atomic E-state index is 14.5. The minimum atomic E-state index is -5.11. The van der Waals surface area contributed by atoms with Crippen LogP contribution in [0.5, 0.6) is 5.75 Å². The van der Waals surface area contributed by atoms with Crippen LogP contribution in [-0.2, 0) is 5.60 Å². The van der Waals surface area contributed by atoms with E-state index in [4.69, 9.17) is 0 Å². The van der Waals surface area contributed by atoms with E-state index in [1.54, 1.807) is 0 Å². The average molecular weight is 420 g/mol. The zero-order chi connectivity index (χ0) is 21.2. The molecule has 0 amide bonds. The molecule has 0 saturated heterocycles. The lowest BCUT2D eigenvalue weighted by Crippen LogP contribution is -2.35. The van der Waals surface area contributed by atoms with E-state index in [1.165, 1.54) is 38.5 Å². The van der Waals surface area contributed by atoms with Gasteiger partial charge in [-0.25, -0.2) is 4.39 Å². The molecule has 1 aromatic rings. The van der Waals surface area contributed by atoms with Gasteiger partial charge in [0, 0.05) is 5.56 Å². The molecule has 29 heavy (non-hydrogen) atoms. The average Bonchev–Trinajstić information content (AvgIpc) is 2.66. The third kappa shape index (κ3) is 5.22. The summed E-state index contributed by atoms with van der Waals surface area (Å²) in [5.74, 6) is -2.53. The SMILES string of the molecule is CCCC1CCC(C2CCC(O)(c3ccc(OC(F)(F)F)c(F)c3F)CC2)CC1. The molecule has 2 aliphatic carbocycles. The standard InChI is InChI=1S/C22H29F5O2/c1-2-3-14-4-6-15(7-5-14)16-10-12-21(28,13-11-16)17-8-9-18(20(24)19(17)23)29-22(25,26)27/h8-9,14-16,28H,2-7,10-13H2,1H3. The van der Waals surface area contributed by atoms with Crippen LogP contribution in [0, 0.1) is 29.4 Å². The smallest absolute Gasteiger partial charge is 0.403 e. The van der Waals surface area contributed by atoms with Crippen LogP contribution in [0.2, 0.25) is 0 Å². The van der Waals surface area contributed by atoms with Crippen LogP contribution in [-0.4, -0.2) is 11.5 Å². The molecule has 1 aromatic carbocycles. The predicted molar refractivity (Wildman–Crippen MR) is 99.3 cm³/mol. The van der Waals surface area contributed by atoms with Crippen molar-refractivity contribution in [3.05, 3.63) is 29.3 Å². The van der Waals surface area contributed by atoms with Crippen molar-refractivity contribution < 1.29 is 31.8 Å². The molecular weight excluding hydrogens is 391 g/mol. The van der Waals surface area contributed by atoms with E-state index in [0.29, 0.717) is 24.7 Å². The number of ether oxygens (including phenoxy) is 1. The molecule has 0 spiro atoms. The zero-order valence-electron chi connectivity index (χ0n) is 16.7. The second-order valence-electron chi connectivity index (χ2n) is 8.73. The second kappa shape index (κ2) is 8.78. The van der Waals surface area contributed by atoms with E-state index in [1.807, 2.05) is 0 Å². The summed E-state index contributed by atoms with van der Waals surface area (Å²) in [7, 11) is 0. The van der Waals surface area contributed by atoms with Crippen LogP contribution in [0.4, 0.5) is 22.0 Å². The fraction of sp³-hybridized carbons (Fsp3) is 0.727. The van der Waals surface area contributed by atoms with Gasteiger partial charge in [0.15, 0.2) is 11.6 Å². The first-order chi connectivity index (χ1) is 13.6. The van der Waals surface area contributed by atoms with Gasteiger partial charge in [0.05, 0.1) is 5.60 Å². The summed E-state index contributed by atoms with van der Waals surface area (Å²) in [6.45, 7) is 2.21. The van der Waals surface area contributed by atoms with Crippen molar-refractivity contribution in [2.45, 2.75) is 83.1 Å². The van der Waals surface area contributed by atoms with Gasteiger partial charge in [0.2, 0.25) is 5.82 Å². The van der Waals surface area contributed by atoms with Crippen LogP contribution in [0.3, 0.4) is 0 Å². The van der Waals surface area contributed by atoms with Crippen LogP contribution in [0.1, 0.15) is 76.7 Å². The molecule has 0 aliphatic heterocycles. The Balaban J connectivity index is 1.64. The van der Waals surface area contributed by atoms with Gasteiger partial charge >= 0.3 is 6.36 Å². The lowest BCUT2D eigenvalue weighted by atomic mass is 9.66. The van der Waals surface area contributed by atoms with Crippen molar-refractivity contribution in [3.63, 3.8) is 0 Å². The van der Waals surface area contributed by atoms with Crippen molar-refractivity contribution in [1.29, 1.82) is 0 Å². The molecule has 3 rings (SSSR count). The maximum Gasteiger partial charge on any atom is 0.573 e. The van der Waals surface area contributed by atoms with E-state index in [-0.39, 0.29) is 18.4 Å². The molecule has 1 N–H and O–H groups in total. The Morgan fingerprint density at radius 2 is 1.55 bits per heavy atom. The molecule has 2 fully saturated rings. The Bertz CT molecular complexity index is 687. The molecular formula is C22H29F5O2. The van der Waals surface area contributed by atoms with Gasteiger partial charge < -0.3 is 9.84 Å². The molecule has 0 bridgehead atoms. The third-order valence-electron chi connectivity index (χ3n) is 6.89. The highest BCUT2D eigenvalue weighted by Gasteiger charge is 2.41. The molecule has 0 radical (unpaired) electrons. The highest BCUT2D eigenvalue weighted by Crippen LogP contribution is 2.47. The predicted octanol–water partition coefficient (Wildman–Crippen LogP) is 6.85. The van der Waals surface area contributed by atoms with Gasteiger partial charge in [0.1, 0.15) is 0 Å². The number of hydrogen-bond donors (Lipinski definition) is 1. The van der Waals surface area contributed by atoms with Gasteiger partial charge in [0.25, 0.3) is 0 Å². The van der Waals surface area contributed by atoms with Crippen molar-refractivity contribution in [2.75, 3.05) is 0 Å². The van der Waals surface area contributed by atoms with Crippen LogP contribution in [0.25, 0.3) is 0 Å². The first-order valence-electron chi connectivity index (χ1n) is 10.6. The molecule has 2 aliphatic rings. The third-order valence-corrected chi connectivity index (χ3v) is 6.89. The van der Waals surface area contributed by atoms with Crippen molar-refractivity contribution in [3.8, 4) is 5.75 Å². The monoisotopic (exact) mass is 420 g/mol. The molecule has 0 unspecified atom stereocenters. The topological polar surface area (TPSA) is 29.5 Å². The van der Waals surface area contributed by atoms with Crippen molar-refractivity contribution >= 4 is 0 Å². The summed E-state index contributed by atoms with van der Waals surface area (Å²) >= 11 is 0. The van der Waals surface area contributed by atoms with Crippen molar-refractivity contribution in [2.24, 2.45) is 17.8 Å². The lowest BCUT2D eigenvalue weighted by Gasteiger charge is -2.41. The Morgan fingerprint density at radius 3 is 2.10 bits per heavy atom. The van der Waals surface area contributed by atoms with Gasteiger partial charge in [-0.15, -0.1) is 13.2 Å². The second-order valence-corrected chi connectivity index (χ2v) is 8.73. The van der Waals surface area contributed by atoms with Crippen LogP contribution < -0.4 is 4.74 Å². The minimum absolute atomic E-state index is 0.280. The first-order valence-corrected chi connectivity index (χ1v) is 10.6. The first kappa shape index (κ1) is 22.3. The van der Waals surface area contributed by atoms with Gasteiger partial charge in [-0.2, -0.15) is 4.39 Å². The molecule has 2 saturated carbocycles. The highest BCUT2D eigenvalue weighted by molar-refractivity contribution is 5.34. The number of halogens is 5. The summed E-state index contributed by atoms with van der Waals surface area (Å²) in [4.78, 5) is 0. The molecule has 164 valence electrons. The maximum absolute atomic E-state index is 14.5. The number of alkyl halides is 3. The Hall–Kier alpha value is -1.37. The Labute approximate surface area is 168 Å². The number of rotatable bonds is 5. The molecule has 0 atom stereocenters. The number of benzene rings is 1. The minimum Gasteiger partial charge on any atom is -0.403 e. The number of aliphatic hydroxyl groups is 1. The highest BCUT2D eigenvalue weighted by atomic mass is 19.4. The fourth-order valence-corrected chi connectivity index (χ4v) is 5.31. The largest absolute Gasteiger partial charge is 0.573 e. The normalized spacial score (nSPS) is 30.9. The molecule has 0 heterocycles. The van der Waals surface area contributed by atoms with E-state index >= 15 is 0 Å².